The van der Waals surface area contributed by atoms with Gasteiger partial charge in [-0.2, -0.15) is 0 Å². The molecule has 7 nitrogen and oxygen atoms in total. The van der Waals surface area contributed by atoms with Crippen LogP contribution in [0.2, 0.25) is 0 Å². The number of rotatable bonds is 5. The minimum Gasteiger partial charge on any atom is -0.378 e. The third-order valence-electron chi connectivity index (χ3n) is 5.47. The van der Waals surface area contributed by atoms with Crippen molar-refractivity contribution in [3.05, 3.63) is 48.3 Å². The van der Waals surface area contributed by atoms with Gasteiger partial charge in [0.1, 0.15) is 18.0 Å². The van der Waals surface area contributed by atoms with Crippen molar-refractivity contribution in [2.24, 2.45) is 5.92 Å². The van der Waals surface area contributed by atoms with E-state index < -0.39 is 0 Å². The van der Waals surface area contributed by atoms with Crippen molar-refractivity contribution >= 4 is 17.5 Å². The van der Waals surface area contributed by atoms with Crippen molar-refractivity contribution in [1.29, 1.82) is 0 Å². The Morgan fingerprint density at radius 3 is 2.32 bits per heavy atom. The number of nitrogens with zero attached hydrogens (tertiary/aromatic N) is 4. The zero-order valence-corrected chi connectivity index (χ0v) is 16.1. The van der Waals surface area contributed by atoms with Gasteiger partial charge in [-0.3, -0.25) is 4.79 Å². The number of ether oxygens (including phenoxy) is 1. The van der Waals surface area contributed by atoms with E-state index in [0.717, 1.165) is 69.4 Å². The molecule has 2 aliphatic heterocycles. The second-order valence-corrected chi connectivity index (χ2v) is 7.30. The summed E-state index contributed by atoms with van der Waals surface area (Å²) in [5, 5.41) is 3.07. The Labute approximate surface area is 165 Å². The molecule has 2 aliphatic rings. The predicted octanol–water partition coefficient (Wildman–Crippen LogP) is 1.85. The number of piperidine rings is 1. The molecule has 0 spiro atoms. The lowest BCUT2D eigenvalue weighted by molar-refractivity contribution is -0.125. The van der Waals surface area contributed by atoms with Gasteiger partial charge in [-0.05, 0) is 18.4 Å². The second kappa shape index (κ2) is 9.01. The molecule has 0 saturated carbocycles. The molecule has 148 valence electrons. The van der Waals surface area contributed by atoms with E-state index in [1.54, 1.807) is 6.33 Å². The molecule has 0 unspecified atom stereocenters. The molecule has 7 heteroatoms. The molecule has 0 atom stereocenters. The fourth-order valence-electron chi connectivity index (χ4n) is 3.78. The van der Waals surface area contributed by atoms with Gasteiger partial charge in [0.05, 0.1) is 13.2 Å². The van der Waals surface area contributed by atoms with Crippen molar-refractivity contribution in [1.82, 2.24) is 15.3 Å². The van der Waals surface area contributed by atoms with Crippen molar-refractivity contribution in [3.8, 4) is 0 Å². The first-order valence-corrected chi connectivity index (χ1v) is 10.0. The van der Waals surface area contributed by atoms with Gasteiger partial charge in [0.2, 0.25) is 5.91 Å². The predicted molar refractivity (Wildman–Crippen MR) is 108 cm³/mol. The maximum absolute atomic E-state index is 12.5. The van der Waals surface area contributed by atoms with E-state index in [1.165, 1.54) is 0 Å². The van der Waals surface area contributed by atoms with Gasteiger partial charge >= 0.3 is 0 Å². The van der Waals surface area contributed by atoms with E-state index in [1.807, 2.05) is 30.3 Å². The summed E-state index contributed by atoms with van der Waals surface area (Å²) in [7, 11) is 0. The Balaban J connectivity index is 1.29. The van der Waals surface area contributed by atoms with E-state index in [0.29, 0.717) is 6.54 Å². The number of aromatic nitrogens is 2. The zero-order valence-electron chi connectivity index (χ0n) is 16.1. The summed E-state index contributed by atoms with van der Waals surface area (Å²) in [6.07, 6.45) is 3.33. The Kier molecular flexibility index (Phi) is 6.01. The van der Waals surface area contributed by atoms with Gasteiger partial charge in [-0.1, -0.05) is 30.3 Å². The SMILES string of the molecule is O=C(NCc1ccccc1)C1CCN(c2cc(N3CCOCC3)ncn2)CC1. The molecular weight excluding hydrogens is 354 g/mol. The molecule has 28 heavy (non-hydrogen) atoms. The summed E-state index contributed by atoms with van der Waals surface area (Å²) in [6, 6.07) is 12.1. The first-order chi connectivity index (χ1) is 13.8. The van der Waals surface area contributed by atoms with Crippen LogP contribution in [0.25, 0.3) is 0 Å². The number of anilines is 2. The molecular formula is C21H27N5O2. The third-order valence-corrected chi connectivity index (χ3v) is 5.47. The highest BCUT2D eigenvalue weighted by Crippen LogP contribution is 2.24. The molecule has 0 bridgehead atoms. The molecule has 3 heterocycles. The first-order valence-electron chi connectivity index (χ1n) is 10.0. The Morgan fingerprint density at radius 2 is 1.64 bits per heavy atom. The van der Waals surface area contributed by atoms with Gasteiger partial charge in [0.15, 0.2) is 0 Å². The van der Waals surface area contributed by atoms with Crippen LogP contribution in [0.3, 0.4) is 0 Å². The molecule has 1 aromatic carbocycles. The van der Waals surface area contributed by atoms with E-state index >= 15 is 0 Å². The van der Waals surface area contributed by atoms with Gasteiger partial charge in [-0.15, -0.1) is 0 Å². The second-order valence-electron chi connectivity index (χ2n) is 7.30. The Bertz CT molecular complexity index is 771. The molecule has 2 fully saturated rings. The van der Waals surface area contributed by atoms with Crippen LogP contribution in [0.1, 0.15) is 18.4 Å². The summed E-state index contributed by atoms with van der Waals surface area (Å²) >= 11 is 0. The number of benzene rings is 1. The van der Waals surface area contributed by atoms with E-state index in [2.05, 4.69) is 31.2 Å². The van der Waals surface area contributed by atoms with E-state index in [4.69, 9.17) is 4.74 Å². The molecule has 1 aromatic heterocycles. The zero-order chi connectivity index (χ0) is 19.2. The molecule has 4 rings (SSSR count). The van der Waals surface area contributed by atoms with Crippen molar-refractivity contribution in [2.75, 3.05) is 49.2 Å². The lowest BCUT2D eigenvalue weighted by Crippen LogP contribution is -2.41. The number of hydrogen-bond donors (Lipinski definition) is 1. The largest absolute Gasteiger partial charge is 0.378 e. The highest BCUT2D eigenvalue weighted by Gasteiger charge is 2.26. The summed E-state index contributed by atoms with van der Waals surface area (Å²) < 4.78 is 5.42. The number of morpholine rings is 1. The van der Waals surface area contributed by atoms with Crippen molar-refractivity contribution in [3.63, 3.8) is 0 Å². The minimum absolute atomic E-state index is 0.0699. The van der Waals surface area contributed by atoms with Crippen LogP contribution in [-0.4, -0.2) is 55.3 Å². The maximum Gasteiger partial charge on any atom is 0.223 e. The summed E-state index contributed by atoms with van der Waals surface area (Å²) in [4.78, 5) is 25.9. The monoisotopic (exact) mass is 381 g/mol. The topological polar surface area (TPSA) is 70.6 Å². The molecule has 0 radical (unpaired) electrons. The Morgan fingerprint density at radius 1 is 1.00 bits per heavy atom. The van der Waals surface area contributed by atoms with Crippen LogP contribution in [0.15, 0.2) is 42.7 Å². The first kappa shape index (κ1) is 18.7. The van der Waals surface area contributed by atoms with E-state index in [-0.39, 0.29) is 11.8 Å². The number of carbonyl (C=O) groups is 1. The molecule has 2 saturated heterocycles. The maximum atomic E-state index is 12.5. The highest BCUT2D eigenvalue weighted by atomic mass is 16.5. The van der Waals surface area contributed by atoms with Crippen LogP contribution in [0.5, 0.6) is 0 Å². The number of nitrogens with one attached hydrogen (secondary N) is 1. The van der Waals surface area contributed by atoms with Crippen LogP contribution >= 0.6 is 0 Å². The number of amides is 1. The molecule has 0 aliphatic carbocycles. The van der Waals surface area contributed by atoms with Crippen molar-refractivity contribution in [2.45, 2.75) is 19.4 Å². The summed E-state index contributed by atoms with van der Waals surface area (Å²) in [6.45, 7) is 5.46. The van der Waals surface area contributed by atoms with Crippen LogP contribution in [0, 0.1) is 5.92 Å². The lowest BCUT2D eigenvalue weighted by Gasteiger charge is -2.33. The summed E-state index contributed by atoms with van der Waals surface area (Å²) in [5.41, 5.74) is 1.13. The highest BCUT2D eigenvalue weighted by molar-refractivity contribution is 5.79. The van der Waals surface area contributed by atoms with Crippen LogP contribution < -0.4 is 15.1 Å². The summed E-state index contributed by atoms with van der Waals surface area (Å²) in [5.74, 6) is 2.12. The third kappa shape index (κ3) is 4.59. The van der Waals surface area contributed by atoms with Crippen molar-refractivity contribution < 1.29 is 9.53 Å². The van der Waals surface area contributed by atoms with Crippen LogP contribution in [0.4, 0.5) is 11.6 Å². The fraction of sp³-hybridized carbons (Fsp3) is 0.476. The molecule has 1 amide bonds. The smallest absolute Gasteiger partial charge is 0.223 e. The van der Waals surface area contributed by atoms with E-state index in [9.17, 15) is 4.79 Å². The standard InChI is InChI=1S/C21H27N5O2/c27-21(22-15-17-4-2-1-3-5-17)18-6-8-25(9-7-18)19-14-20(24-16-23-19)26-10-12-28-13-11-26/h1-5,14,16,18H,6-13,15H2,(H,22,27). The molecule has 2 aromatic rings. The average molecular weight is 381 g/mol. The Hall–Kier alpha value is -2.67. The van der Waals surface area contributed by atoms with Gasteiger partial charge in [-0.25, -0.2) is 9.97 Å². The van der Waals surface area contributed by atoms with Gasteiger partial charge < -0.3 is 19.9 Å². The number of hydrogen-bond acceptors (Lipinski definition) is 6. The van der Waals surface area contributed by atoms with Gasteiger partial charge in [0, 0.05) is 44.7 Å². The molecule has 1 N–H and O–H groups in total. The van der Waals surface area contributed by atoms with Crippen LogP contribution in [-0.2, 0) is 16.1 Å². The minimum atomic E-state index is 0.0699. The normalized spacial score (nSPS) is 18.1. The quantitative estimate of drug-likeness (QED) is 0.852. The van der Waals surface area contributed by atoms with Gasteiger partial charge in [0.25, 0.3) is 0 Å². The lowest BCUT2D eigenvalue weighted by atomic mass is 9.96. The number of carbonyl (C=O) groups excluding carboxylic acids is 1. The average Bonchev–Trinajstić information content (AvgIpc) is 2.79. The fourth-order valence-corrected chi connectivity index (χ4v) is 3.78.